The molecule has 0 radical (unpaired) electrons. The molecule has 0 amide bonds. The van der Waals surface area contributed by atoms with E-state index in [9.17, 15) is 13.6 Å². The van der Waals surface area contributed by atoms with Gasteiger partial charge in [-0.25, -0.2) is 8.78 Å². The normalized spacial score (nSPS) is 10.5. The Balaban J connectivity index is 2.28. The minimum absolute atomic E-state index is 0.185. The third-order valence-corrected chi connectivity index (χ3v) is 4.02. The molecule has 0 fully saturated rings. The Morgan fingerprint density at radius 3 is 2.41 bits per heavy atom. The van der Waals surface area contributed by atoms with Crippen molar-refractivity contribution in [2.24, 2.45) is 0 Å². The van der Waals surface area contributed by atoms with Crippen molar-refractivity contribution in [3.8, 4) is 0 Å². The van der Waals surface area contributed by atoms with Gasteiger partial charge in [0.05, 0.1) is 0 Å². The van der Waals surface area contributed by atoms with Gasteiger partial charge in [0.2, 0.25) is 0 Å². The maximum Gasteiger partial charge on any atom is 0.169 e. The molecule has 0 spiro atoms. The molecule has 0 aliphatic heterocycles. The molecule has 0 N–H and O–H groups in total. The molecule has 1 nitrogen and oxygen atoms in total. The first-order valence-corrected chi connectivity index (χ1v) is 6.51. The van der Waals surface area contributed by atoms with E-state index in [4.69, 9.17) is 0 Å². The number of thiophene rings is 1. The highest BCUT2D eigenvalue weighted by Gasteiger charge is 2.16. The van der Waals surface area contributed by atoms with Crippen molar-refractivity contribution in [1.82, 2.24) is 0 Å². The Morgan fingerprint density at radius 2 is 1.88 bits per heavy atom. The average molecular weight is 317 g/mol. The quantitative estimate of drug-likeness (QED) is 0.775. The minimum Gasteiger partial charge on any atom is -0.294 e. The summed E-state index contributed by atoms with van der Waals surface area (Å²) in [5, 5.41) is 3.41. The lowest BCUT2D eigenvalue weighted by Crippen LogP contribution is -2.06. The van der Waals surface area contributed by atoms with Crippen LogP contribution in [0.1, 0.15) is 15.9 Å². The van der Waals surface area contributed by atoms with Crippen LogP contribution in [0.25, 0.3) is 0 Å². The van der Waals surface area contributed by atoms with Crippen molar-refractivity contribution in [2.75, 3.05) is 0 Å². The van der Waals surface area contributed by atoms with Gasteiger partial charge in [-0.15, -0.1) is 0 Å². The molecular formula is C12H7BrF2OS. The highest BCUT2D eigenvalue weighted by molar-refractivity contribution is 9.10. The molecule has 17 heavy (non-hydrogen) atoms. The third-order valence-electron chi connectivity index (χ3n) is 2.31. The number of hydrogen-bond acceptors (Lipinski definition) is 2. The minimum atomic E-state index is -0.690. The fraction of sp³-hybridized carbons (Fsp3) is 0.0833. The molecule has 0 unspecified atom stereocenters. The van der Waals surface area contributed by atoms with E-state index in [2.05, 4.69) is 15.9 Å². The van der Waals surface area contributed by atoms with E-state index in [0.29, 0.717) is 10.0 Å². The predicted octanol–water partition coefficient (Wildman–Crippen LogP) is 4.21. The lowest BCUT2D eigenvalue weighted by molar-refractivity contribution is 0.0990. The second-order valence-electron chi connectivity index (χ2n) is 3.43. The fourth-order valence-electron chi connectivity index (χ4n) is 1.44. The van der Waals surface area contributed by atoms with E-state index in [-0.39, 0.29) is 17.8 Å². The molecule has 1 heterocycles. The summed E-state index contributed by atoms with van der Waals surface area (Å²) >= 11 is 4.58. The Hall–Kier alpha value is -1.07. The Labute approximate surface area is 109 Å². The van der Waals surface area contributed by atoms with Crippen molar-refractivity contribution in [3.05, 3.63) is 56.2 Å². The summed E-state index contributed by atoms with van der Waals surface area (Å²) in [5.41, 5.74) is 0.272. The second kappa shape index (κ2) is 5.06. The summed E-state index contributed by atoms with van der Waals surface area (Å²) in [6, 6.07) is 3.57. The van der Waals surface area contributed by atoms with Gasteiger partial charge in [0.25, 0.3) is 0 Å². The van der Waals surface area contributed by atoms with Gasteiger partial charge in [-0.2, -0.15) is 11.3 Å². The number of Topliss-reactive ketones (excluding diaryl/α,β-unsaturated/α-hetero) is 1. The maximum absolute atomic E-state index is 13.4. The SMILES string of the molecule is O=C(Cc1c(F)cccc1F)c1cscc1Br. The molecule has 0 saturated heterocycles. The van der Waals surface area contributed by atoms with Gasteiger partial charge in [-0.05, 0) is 28.1 Å². The monoisotopic (exact) mass is 316 g/mol. The number of ketones is 1. The lowest BCUT2D eigenvalue weighted by Gasteiger charge is -2.03. The second-order valence-corrected chi connectivity index (χ2v) is 5.03. The average Bonchev–Trinajstić information content (AvgIpc) is 2.70. The van der Waals surface area contributed by atoms with E-state index in [0.717, 1.165) is 12.1 Å². The van der Waals surface area contributed by atoms with Crippen molar-refractivity contribution < 1.29 is 13.6 Å². The molecule has 0 aliphatic carbocycles. The zero-order valence-electron chi connectivity index (χ0n) is 8.54. The van der Waals surface area contributed by atoms with Crippen LogP contribution in [0, 0.1) is 11.6 Å². The van der Waals surface area contributed by atoms with Gasteiger partial charge >= 0.3 is 0 Å². The first-order valence-electron chi connectivity index (χ1n) is 4.77. The molecule has 1 aromatic carbocycles. The Kier molecular flexibility index (Phi) is 3.69. The highest BCUT2D eigenvalue weighted by atomic mass is 79.9. The molecule has 5 heteroatoms. The summed E-state index contributed by atoms with van der Waals surface area (Å²) < 4.78 is 27.4. The zero-order chi connectivity index (χ0) is 12.4. The summed E-state index contributed by atoms with van der Waals surface area (Å²) in [5.74, 6) is -1.68. The van der Waals surface area contributed by atoms with Crippen LogP contribution in [0.15, 0.2) is 33.4 Å². The molecule has 2 aromatic rings. The van der Waals surface area contributed by atoms with Crippen LogP contribution in [0.3, 0.4) is 0 Å². The van der Waals surface area contributed by atoms with E-state index >= 15 is 0 Å². The molecule has 0 bridgehead atoms. The first kappa shape index (κ1) is 12.4. The van der Waals surface area contributed by atoms with Gasteiger partial charge in [-0.1, -0.05) is 6.07 Å². The predicted molar refractivity (Wildman–Crippen MR) is 66.4 cm³/mol. The van der Waals surface area contributed by atoms with Gasteiger partial charge in [0, 0.05) is 32.8 Å². The van der Waals surface area contributed by atoms with Crippen LogP contribution >= 0.6 is 27.3 Å². The van der Waals surface area contributed by atoms with Crippen LogP contribution in [0.2, 0.25) is 0 Å². The summed E-state index contributed by atoms with van der Waals surface area (Å²) in [7, 11) is 0. The standard InChI is InChI=1S/C12H7BrF2OS/c13-9-6-17-5-8(9)12(16)4-7-10(14)2-1-3-11(7)15/h1-3,5-6H,4H2. The van der Waals surface area contributed by atoms with Crippen LogP contribution in [0.5, 0.6) is 0 Å². The highest BCUT2D eigenvalue weighted by Crippen LogP contribution is 2.24. The smallest absolute Gasteiger partial charge is 0.169 e. The number of carbonyl (C=O) groups excluding carboxylic acids is 1. The molecular weight excluding hydrogens is 310 g/mol. The molecule has 2 rings (SSSR count). The zero-order valence-corrected chi connectivity index (χ0v) is 10.9. The number of carbonyl (C=O) groups is 1. The summed E-state index contributed by atoms with van der Waals surface area (Å²) in [6.45, 7) is 0. The van der Waals surface area contributed by atoms with Gasteiger partial charge in [0.15, 0.2) is 5.78 Å². The molecule has 0 aliphatic rings. The van der Waals surface area contributed by atoms with Crippen molar-refractivity contribution in [3.63, 3.8) is 0 Å². The summed E-state index contributed by atoms with van der Waals surface area (Å²) in [6.07, 6.45) is -0.270. The van der Waals surface area contributed by atoms with Crippen LogP contribution in [-0.4, -0.2) is 5.78 Å². The Morgan fingerprint density at radius 1 is 1.24 bits per heavy atom. The van der Waals surface area contributed by atoms with Crippen LogP contribution < -0.4 is 0 Å². The maximum atomic E-state index is 13.4. The number of halogens is 3. The van der Waals surface area contributed by atoms with E-state index in [1.807, 2.05) is 0 Å². The largest absolute Gasteiger partial charge is 0.294 e. The number of benzene rings is 1. The topological polar surface area (TPSA) is 17.1 Å². The van der Waals surface area contributed by atoms with Crippen molar-refractivity contribution in [1.29, 1.82) is 0 Å². The number of hydrogen-bond donors (Lipinski definition) is 0. The molecule has 88 valence electrons. The van der Waals surface area contributed by atoms with Crippen LogP contribution in [0.4, 0.5) is 8.78 Å². The molecule has 1 aromatic heterocycles. The van der Waals surface area contributed by atoms with Gasteiger partial charge in [-0.3, -0.25) is 4.79 Å². The van der Waals surface area contributed by atoms with Crippen molar-refractivity contribution in [2.45, 2.75) is 6.42 Å². The van der Waals surface area contributed by atoms with Gasteiger partial charge in [0.1, 0.15) is 11.6 Å². The van der Waals surface area contributed by atoms with Gasteiger partial charge < -0.3 is 0 Å². The molecule has 0 atom stereocenters. The van der Waals surface area contributed by atoms with E-state index in [1.54, 1.807) is 10.8 Å². The lowest BCUT2D eigenvalue weighted by atomic mass is 10.0. The first-order chi connectivity index (χ1) is 8.09. The van der Waals surface area contributed by atoms with E-state index in [1.165, 1.54) is 17.4 Å². The third kappa shape index (κ3) is 2.61. The fourth-order valence-corrected chi connectivity index (χ4v) is 2.96. The molecule has 0 saturated carbocycles. The van der Waals surface area contributed by atoms with E-state index < -0.39 is 11.6 Å². The van der Waals surface area contributed by atoms with Crippen LogP contribution in [-0.2, 0) is 6.42 Å². The summed E-state index contributed by atoms with van der Waals surface area (Å²) in [4.78, 5) is 11.8. The number of rotatable bonds is 3. The van der Waals surface area contributed by atoms with Crippen molar-refractivity contribution >= 4 is 33.0 Å². The Bertz CT molecular complexity index is 545.